The summed E-state index contributed by atoms with van der Waals surface area (Å²) in [6, 6.07) is 22.3. The smallest absolute Gasteiger partial charge is 0.272 e. The highest BCUT2D eigenvalue weighted by Crippen LogP contribution is 2.15. The molecule has 0 saturated heterocycles. The normalized spacial score (nSPS) is 10.7. The van der Waals surface area contributed by atoms with Gasteiger partial charge in [0.1, 0.15) is 5.69 Å². The summed E-state index contributed by atoms with van der Waals surface area (Å²) in [5.41, 5.74) is 4.93. The van der Waals surface area contributed by atoms with Gasteiger partial charge in [0.25, 0.3) is 5.91 Å². The maximum absolute atomic E-state index is 13.0. The van der Waals surface area contributed by atoms with Gasteiger partial charge in [0.05, 0.1) is 11.9 Å². The summed E-state index contributed by atoms with van der Waals surface area (Å²) in [5.74, 6) is -0.0519. The van der Waals surface area contributed by atoms with Crippen LogP contribution in [0.5, 0.6) is 0 Å². The van der Waals surface area contributed by atoms with Crippen LogP contribution >= 0.6 is 0 Å². The largest absolute Gasteiger partial charge is 0.380 e. The lowest BCUT2D eigenvalue weighted by Crippen LogP contribution is -2.36. The van der Waals surface area contributed by atoms with Gasteiger partial charge in [-0.3, -0.25) is 4.79 Å². The van der Waals surface area contributed by atoms with Crippen molar-refractivity contribution < 1.29 is 4.79 Å². The number of carbonyl (C=O) groups is 1. The Morgan fingerprint density at radius 3 is 2.29 bits per heavy atom. The van der Waals surface area contributed by atoms with Crippen molar-refractivity contribution in [2.24, 2.45) is 0 Å². The van der Waals surface area contributed by atoms with Crippen molar-refractivity contribution >= 4 is 11.6 Å². The van der Waals surface area contributed by atoms with Crippen LogP contribution < -0.4 is 5.32 Å². The third kappa shape index (κ3) is 5.19. The van der Waals surface area contributed by atoms with E-state index in [1.807, 2.05) is 55.1 Å². The number of nitrogens with one attached hydrogen (secondary N) is 1. The molecule has 0 fully saturated rings. The number of amides is 1. The Hall–Kier alpha value is -3.14. The van der Waals surface area contributed by atoms with Crippen LogP contribution in [0.2, 0.25) is 0 Å². The number of aromatic nitrogens is 1. The van der Waals surface area contributed by atoms with Crippen LogP contribution in [0.4, 0.5) is 5.69 Å². The molecule has 144 valence electrons. The molecule has 2 aromatic carbocycles. The number of nitrogens with zero attached hydrogens (tertiary/aromatic N) is 2. The summed E-state index contributed by atoms with van der Waals surface area (Å²) in [5, 5.41) is 3.35. The van der Waals surface area contributed by atoms with E-state index in [0.717, 1.165) is 17.8 Å². The summed E-state index contributed by atoms with van der Waals surface area (Å²) in [7, 11) is 0. The Labute approximate surface area is 167 Å². The van der Waals surface area contributed by atoms with Crippen molar-refractivity contribution in [3.63, 3.8) is 0 Å². The molecular weight excluding hydrogens is 346 g/mol. The molecule has 28 heavy (non-hydrogen) atoms. The van der Waals surface area contributed by atoms with Crippen LogP contribution in [-0.4, -0.2) is 21.8 Å². The van der Waals surface area contributed by atoms with E-state index in [1.54, 1.807) is 12.3 Å². The quantitative estimate of drug-likeness (QED) is 0.630. The molecule has 0 saturated carbocycles. The molecule has 0 unspecified atom stereocenters. The second-order valence-electron chi connectivity index (χ2n) is 7.28. The first kappa shape index (κ1) is 19.6. The summed E-state index contributed by atoms with van der Waals surface area (Å²) < 4.78 is 0. The van der Waals surface area contributed by atoms with Crippen LogP contribution in [0.1, 0.15) is 41.0 Å². The molecule has 0 aliphatic rings. The Bertz CT molecular complexity index is 887. The molecule has 0 spiro atoms. The van der Waals surface area contributed by atoms with E-state index < -0.39 is 0 Å². The Morgan fingerprint density at radius 1 is 0.964 bits per heavy atom. The van der Waals surface area contributed by atoms with Gasteiger partial charge in [-0.15, -0.1) is 0 Å². The summed E-state index contributed by atoms with van der Waals surface area (Å²) in [4.78, 5) is 19.2. The van der Waals surface area contributed by atoms with Crippen molar-refractivity contribution in [2.45, 2.75) is 39.9 Å². The number of aryl methyl sites for hydroxylation is 1. The molecule has 4 heteroatoms. The lowest BCUT2D eigenvalue weighted by molar-refractivity contribution is 0.0684. The van der Waals surface area contributed by atoms with E-state index >= 15 is 0 Å². The van der Waals surface area contributed by atoms with Crippen molar-refractivity contribution in [1.82, 2.24) is 9.88 Å². The highest BCUT2D eigenvalue weighted by Gasteiger charge is 2.20. The summed E-state index contributed by atoms with van der Waals surface area (Å²) >= 11 is 0. The highest BCUT2D eigenvalue weighted by atomic mass is 16.2. The zero-order chi connectivity index (χ0) is 19.9. The molecule has 0 radical (unpaired) electrons. The van der Waals surface area contributed by atoms with Crippen LogP contribution in [0.15, 0.2) is 72.9 Å². The molecule has 0 atom stereocenters. The predicted octanol–water partition coefficient (Wildman–Crippen LogP) is 5.05. The van der Waals surface area contributed by atoms with E-state index in [-0.39, 0.29) is 11.9 Å². The minimum atomic E-state index is -0.0519. The first-order valence-electron chi connectivity index (χ1n) is 9.63. The van der Waals surface area contributed by atoms with E-state index in [9.17, 15) is 4.79 Å². The van der Waals surface area contributed by atoms with E-state index in [0.29, 0.717) is 12.2 Å². The zero-order valence-electron chi connectivity index (χ0n) is 16.7. The number of hydrogen-bond donors (Lipinski definition) is 1. The third-order valence-corrected chi connectivity index (χ3v) is 4.68. The molecule has 1 heterocycles. The molecule has 1 N–H and O–H groups in total. The maximum Gasteiger partial charge on any atom is 0.272 e. The van der Waals surface area contributed by atoms with Gasteiger partial charge in [0.2, 0.25) is 0 Å². The first-order valence-corrected chi connectivity index (χ1v) is 9.63. The van der Waals surface area contributed by atoms with Gasteiger partial charge in [-0.05, 0) is 44.0 Å². The first-order chi connectivity index (χ1) is 13.5. The molecule has 4 nitrogen and oxygen atoms in total. The molecule has 3 rings (SSSR count). The SMILES string of the molecule is Cc1ccc(CNc2ccc(C(=O)N(Cc3ccccc3)C(C)C)nc2)cc1. The van der Waals surface area contributed by atoms with Gasteiger partial charge in [-0.2, -0.15) is 0 Å². The zero-order valence-corrected chi connectivity index (χ0v) is 16.7. The Balaban J connectivity index is 1.65. The number of hydrogen-bond acceptors (Lipinski definition) is 3. The number of benzene rings is 2. The van der Waals surface area contributed by atoms with Crippen molar-refractivity contribution in [2.75, 3.05) is 5.32 Å². The van der Waals surface area contributed by atoms with E-state index in [2.05, 4.69) is 41.5 Å². The third-order valence-electron chi connectivity index (χ3n) is 4.68. The van der Waals surface area contributed by atoms with Gasteiger partial charge in [0, 0.05) is 19.1 Å². The minimum absolute atomic E-state index is 0.0519. The number of anilines is 1. The minimum Gasteiger partial charge on any atom is -0.380 e. The predicted molar refractivity (Wildman–Crippen MR) is 114 cm³/mol. The molecular formula is C24H27N3O. The van der Waals surface area contributed by atoms with Gasteiger partial charge in [-0.1, -0.05) is 60.2 Å². The monoisotopic (exact) mass is 373 g/mol. The van der Waals surface area contributed by atoms with Crippen LogP contribution in [0.25, 0.3) is 0 Å². The fourth-order valence-corrected chi connectivity index (χ4v) is 2.95. The van der Waals surface area contributed by atoms with Gasteiger partial charge >= 0.3 is 0 Å². The average molecular weight is 374 g/mol. The maximum atomic E-state index is 13.0. The molecule has 1 amide bonds. The number of pyridine rings is 1. The molecule has 0 aliphatic carbocycles. The van der Waals surface area contributed by atoms with E-state index in [1.165, 1.54) is 11.1 Å². The van der Waals surface area contributed by atoms with Gasteiger partial charge in [-0.25, -0.2) is 4.98 Å². The standard InChI is InChI=1S/C24H27N3O/c1-18(2)27(17-21-7-5-4-6-8-21)24(28)23-14-13-22(16-26-23)25-15-20-11-9-19(3)10-12-20/h4-14,16,18,25H,15,17H2,1-3H3. The fourth-order valence-electron chi connectivity index (χ4n) is 2.95. The van der Waals surface area contributed by atoms with Crippen molar-refractivity contribution in [3.8, 4) is 0 Å². The Kier molecular flexibility index (Phi) is 6.43. The molecule has 3 aromatic rings. The second kappa shape index (κ2) is 9.18. The van der Waals surface area contributed by atoms with E-state index in [4.69, 9.17) is 0 Å². The molecule has 1 aromatic heterocycles. The Morgan fingerprint density at radius 2 is 1.68 bits per heavy atom. The lowest BCUT2D eigenvalue weighted by Gasteiger charge is -2.26. The van der Waals surface area contributed by atoms with Crippen LogP contribution in [0.3, 0.4) is 0 Å². The average Bonchev–Trinajstić information content (AvgIpc) is 2.72. The van der Waals surface area contributed by atoms with Gasteiger partial charge in [0.15, 0.2) is 0 Å². The topological polar surface area (TPSA) is 45.2 Å². The number of carbonyl (C=O) groups excluding carboxylic acids is 1. The van der Waals surface area contributed by atoms with Crippen molar-refractivity contribution in [3.05, 3.63) is 95.3 Å². The molecule has 0 bridgehead atoms. The lowest BCUT2D eigenvalue weighted by atomic mass is 10.1. The van der Waals surface area contributed by atoms with Crippen LogP contribution in [0, 0.1) is 6.92 Å². The van der Waals surface area contributed by atoms with Gasteiger partial charge < -0.3 is 10.2 Å². The fraction of sp³-hybridized carbons (Fsp3) is 0.250. The highest BCUT2D eigenvalue weighted by molar-refractivity contribution is 5.92. The second-order valence-corrected chi connectivity index (χ2v) is 7.28. The molecule has 0 aliphatic heterocycles. The number of rotatable bonds is 7. The van der Waals surface area contributed by atoms with Crippen molar-refractivity contribution in [1.29, 1.82) is 0 Å². The van der Waals surface area contributed by atoms with Crippen LogP contribution in [-0.2, 0) is 13.1 Å². The summed E-state index contributed by atoms with van der Waals surface area (Å²) in [6.07, 6.45) is 1.72. The summed E-state index contributed by atoms with van der Waals surface area (Å²) in [6.45, 7) is 7.43.